The minimum Gasteiger partial charge on any atom is -0.366 e. The van der Waals surface area contributed by atoms with Crippen LogP contribution in [0.2, 0.25) is 0 Å². The summed E-state index contributed by atoms with van der Waals surface area (Å²) in [6, 6.07) is 2.02. The molecule has 0 saturated carbocycles. The largest absolute Gasteiger partial charge is 0.366 e. The number of piperidine rings is 1. The van der Waals surface area contributed by atoms with Crippen molar-refractivity contribution in [2.45, 2.75) is 12.8 Å². The molecule has 1 aliphatic rings. The normalized spacial score (nSPS) is 16.4. The maximum Gasteiger partial charge on any atom is 0.134 e. The number of nitrogens with one attached hydrogen (secondary N) is 2. The second kappa shape index (κ2) is 7.09. The van der Waals surface area contributed by atoms with Crippen LogP contribution in [0.5, 0.6) is 0 Å². The van der Waals surface area contributed by atoms with E-state index in [0.29, 0.717) is 0 Å². The second-order valence-electron chi connectivity index (χ2n) is 4.92. The standard InChI is InChI=1S/C14H23N5/c1-3-6-16-13-9-14(18-11-17-13)19-7-4-12(5-8-19)10-15-2/h3,9,11-12,15H,1,4-8,10H2,2H3,(H,16,17,18). The summed E-state index contributed by atoms with van der Waals surface area (Å²) in [7, 11) is 2.02. The fourth-order valence-corrected chi connectivity index (χ4v) is 2.45. The fraction of sp³-hybridized carbons (Fsp3) is 0.571. The molecular formula is C14H23N5. The fourth-order valence-electron chi connectivity index (χ4n) is 2.45. The molecule has 1 fully saturated rings. The molecular weight excluding hydrogens is 238 g/mol. The molecule has 0 bridgehead atoms. The topological polar surface area (TPSA) is 53.1 Å². The van der Waals surface area contributed by atoms with Gasteiger partial charge in [0.1, 0.15) is 18.0 Å². The van der Waals surface area contributed by atoms with E-state index in [1.165, 1.54) is 12.8 Å². The van der Waals surface area contributed by atoms with E-state index in [0.717, 1.165) is 43.7 Å². The van der Waals surface area contributed by atoms with Crippen LogP contribution in [0.15, 0.2) is 25.0 Å². The lowest BCUT2D eigenvalue weighted by Gasteiger charge is -2.32. The summed E-state index contributed by atoms with van der Waals surface area (Å²) in [5.41, 5.74) is 0. The van der Waals surface area contributed by atoms with Crippen LogP contribution in [0.4, 0.5) is 11.6 Å². The zero-order valence-electron chi connectivity index (χ0n) is 11.6. The van der Waals surface area contributed by atoms with Gasteiger partial charge in [0.15, 0.2) is 0 Å². The van der Waals surface area contributed by atoms with Gasteiger partial charge in [0.2, 0.25) is 0 Å². The van der Waals surface area contributed by atoms with Gasteiger partial charge in [0.25, 0.3) is 0 Å². The lowest BCUT2D eigenvalue weighted by molar-refractivity contribution is 0.392. The van der Waals surface area contributed by atoms with Crippen LogP contribution in [0.25, 0.3) is 0 Å². The average molecular weight is 261 g/mol. The molecule has 0 spiro atoms. The lowest BCUT2D eigenvalue weighted by Crippen LogP contribution is -2.37. The predicted molar refractivity (Wildman–Crippen MR) is 79.6 cm³/mol. The van der Waals surface area contributed by atoms with Gasteiger partial charge in [-0.1, -0.05) is 6.08 Å². The van der Waals surface area contributed by atoms with Gasteiger partial charge < -0.3 is 15.5 Å². The van der Waals surface area contributed by atoms with E-state index in [2.05, 4.69) is 32.1 Å². The van der Waals surface area contributed by atoms with Crippen LogP contribution in [0, 0.1) is 5.92 Å². The zero-order valence-corrected chi connectivity index (χ0v) is 11.6. The highest BCUT2D eigenvalue weighted by Crippen LogP contribution is 2.22. The molecule has 2 heterocycles. The maximum atomic E-state index is 4.38. The number of anilines is 2. The van der Waals surface area contributed by atoms with Gasteiger partial charge in [-0.05, 0) is 32.4 Å². The monoisotopic (exact) mass is 261 g/mol. The Balaban J connectivity index is 1.93. The Hall–Kier alpha value is -1.62. The van der Waals surface area contributed by atoms with Crippen molar-refractivity contribution in [3.63, 3.8) is 0 Å². The zero-order chi connectivity index (χ0) is 13.5. The molecule has 0 aromatic carbocycles. The van der Waals surface area contributed by atoms with Crippen LogP contribution < -0.4 is 15.5 Å². The number of hydrogen-bond acceptors (Lipinski definition) is 5. The van der Waals surface area contributed by atoms with Gasteiger partial charge in [0, 0.05) is 25.7 Å². The third kappa shape index (κ3) is 3.92. The smallest absolute Gasteiger partial charge is 0.134 e. The Kier molecular flexibility index (Phi) is 5.15. The lowest BCUT2D eigenvalue weighted by atomic mass is 9.97. The van der Waals surface area contributed by atoms with E-state index in [1.54, 1.807) is 6.33 Å². The molecule has 1 saturated heterocycles. The first kappa shape index (κ1) is 13.8. The highest BCUT2D eigenvalue weighted by Gasteiger charge is 2.19. The van der Waals surface area contributed by atoms with Crippen molar-refractivity contribution >= 4 is 11.6 Å². The Morgan fingerprint density at radius 3 is 2.89 bits per heavy atom. The van der Waals surface area contributed by atoms with Gasteiger partial charge >= 0.3 is 0 Å². The molecule has 19 heavy (non-hydrogen) atoms. The Bertz CT molecular complexity index is 399. The highest BCUT2D eigenvalue weighted by atomic mass is 15.2. The molecule has 0 atom stereocenters. The quantitative estimate of drug-likeness (QED) is 0.760. The Labute approximate surface area is 115 Å². The SMILES string of the molecule is C=CCNc1cc(N2CCC(CNC)CC2)ncn1. The number of aromatic nitrogens is 2. The van der Waals surface area contributed by atoms with E-state index in [9.17, 15) is 0 Å². The molecule has 0 aliphatic carbocycles. The van der Waals surface area contributed by atoms with Crippen LogP contribution in [0.3, 0.4) is 0 Å². The summed E-state index contributed by atoms with van der Waals surface area (Å²) >= 11 is 0. The summed E-state index contributed by atoms with van der Waals surface area (Å²) in [4.78, 5) is 10.9. The average Bonchev–Trinajstić information content (AvgIpc) is 2.46. The molecule has 5 heteroatoms. The summed E-state index contributed by atoms with van der Waals surface area (Å²) < 4.78 is 0. The van der Waals surface area contributed by atoms with Gasteiger partial charge in [-0.25, -0.2) is 9.97 Å². The van der Waals surface area contributed by atoms with Crippen molar-refractivity contribution in [1.82, 2.24) is 15.3 Å². The molecule has 1 aliphatic heterocycles. The van der Waals surface area contributed by atoms with E-state index in [4.69, 9.17) is 0 Å². The maximum absolute atomic E-state index is 4.38. The predicted octanol–water partition coefficient (Wildman–Crippen LogP) is 1.51. The second-order valence-corrected chi connectivity index (χ2v) is 4.92. The molecule has 104 valence electrons. The van der Waals surface area contributed by atoms with Crippen LogP contribution in [0.1, 0.15) is 12.8 Å². The van der Waals surface area contributed by atoms with Crippen molar-refractivity contribution in [2.24, 2.45) is 5.92 Å². The third-order valence-corrected chi connectivity index (χ3v) is 3.51. The summed E-state index contributed by atoms with van der Waals surface area (Å²) in [6.07, 6.45) is 5.89. The van der Waals surface area contributed by atoms with Gasteiger partial charge in [-0.15, -0.1) is 6.58 Å². The Morgan fingerprint density at radius 1 is 1.42 bits per heavy atom. The minimum atomic E-state index is 0.723. The van der Waals surface area contributed by atoms with Gasteiger partial charge in [-0.3, -0.25) is 0 Å². The van der Waals surface area contributed by atoms with E-state index < -0.39 is 0 Å². The number of rotatable bonds is 6. The van der Waals surface area contributed by atoms with Crippen LogP contribution in [-0.4, -0.2) is 43.2 Å². The molecule has 0 unspecified atom stereocenters. The number of hydrogen-bond donors (Lipinski definition) is 2. The van der Waals surface area contributed by atoms with Crippen molar-refractivity contribution in [3.05, 3.63) is 25.0 Å². The molecule has 5 nitrogen and oxygen atoms in total. The van der Waals surface area contributed by atoms with Gasteiger partial charge in [0.05, 0.1) is 0 Å². The first-order valence-electron chi connectivity index (χ1n) is 6.90. The molecule has 2 N–H and O–H groups in total. The van der Waals surface area contributed by atoms with Gasteiger partial charge in [-0.2, -0.15) is 0 Å². The van der Waals surface area contributed by atoms with E-state index >= 15 is 0 Å². The Morgan fingerprint density at radius 2 is 2.21 bits per heavy atom. The first-order valence-corrected chi connectivity index (χ1v) is 6.90. The molecule has 0 amide bonds. The highest BCUT2D eigenvalue weighted by molar-refractivity contribution is 5.48. The summed E-state index contributed by atoms with van der Waals surface area (Å²) in [5.74, 6) is 2.67. The summed E-state index contributed by atoms with van der Waals surface area (Å²) in [6.45, 7) is 7.68. The molecule has 1 aromatic heterocycles. The van der Waals surface area contributed by atoms with E-state index in [-0.39, 0.29) is 0 Å². The third-order valence-electron chi connectivity index (χ3n) is 3.51. The van der Waals surface area contributed by atoms with Crippen LogP contribution >= 0.6 is 0 Å². The first-order chi connectivity index (χ1) is 9.33. The van der Waals surface area contributed by atoms with Crippen LogP contribution in [-0.2, 0) is 0 Å². The summed E-state index contributed by atoms with van der Waals surface area (Å²) in [5, 5.41) is 6.46. The van der Waals surface area contributed by atoms with Crippen molar-refractivity contribution in [3.8, 4) is 0 Å². The number of nitrogens with zero attached hydrogens (tertiary/aromatic N) is 3. The molecule has 0 radical (unpaired) electrons. The molecule has 2 rings (SSSR count). The van der Waals surface area contributed by atoms with Crippen molar-refractivity contribution < 1.29 is 0 Å². The van der Waals surface area contributed by atoms with Crippen molar-refractivity contribution in [2.75, 3.05) is 43.4 Å². The molecule has 1 aromatic rings. The van der Waals surface area contributed by atoms with Crippen molar-refractivity contribution in [1.29, 1.82) is 0 Å². The van der Waals surface area contributed by atoms with E-state index in [1.807, 2.05) is 19.2 Å². The minimum absolute atomic E-state index is 0.723.